The predicted molar refractivity (Wildman–Crippen MR) is 183 cm³/mol. The minimum absolute atomic E-state index is 0.126. The van der Waals surface area contributed by atoms with Crippen LogP contribution in [0.1, 0.15) is 64.8 Å². The van der Waals surface area contributed by atoms with Crippen molar-refractivity contribution in [3.63, 3.8) is 0 Å². The molecule has 43 heavy (non-hydrogen) atoms. The summed E-state index contributed by atoms with van der Waals surface area (Å²) in [6.45, 7) is 9.72. The molecule has 7 heteroatoms. The lowest BCUT2D eigenvalue weighted by molar-refractivity contribution is 0.102. The van der Waals surface area contributed by atoms with Crippen LogP contribution in [0, 0.1) is 18.3 Å². The van der Waals surface area contributed by atoms with Crippen molar-refractivity contribution in [3.05, 3.63) is 116 Å². The molecule has 0 spiro atoms. The molecule has 220 valence electrons. The van der Waals surface area contributed by atoms with Crippen molar-refractivity contribution in [2.75, 3.05) is 5.32 Å². The van der Waals surface area contributed by atoms with E-state index in [2.05, 4.69) is 67.9 Å². The van der Waals surface area contributed by atoms with Gasteiger partial charge < -0.3 is 9.88 Å². The first kappa shape index (κ1) is 29.7. The van der Waals surface area contributed by atoms with Crippen LogP contribution in [0.3, 0.4) is 0 Å². The zero-order valence-electron chi connectivity index (χ0n) is 24.9. The maximum Gasteiger partial charge on any atom is 0.259 e. The van der Waals surface area contributed by atoms with E-state index in [4.69, 9.17) is 28.2 Å². The van der Waals surface area contributed by atoms with Crippen molar-refractivity contribution in [2.45, 2.75) is 53.5 Å². The number of aromatic nitrogens is 1. The van der Waals surface area contributed by atoms with E-state index >= 15 is 0 Å². The highest BCUT2D eigenvalue weighted by Gasteiger charge is 2.33. The van der Waals surface area contributed by atoms with Gasteiger partial charge in [0, 0.05) is 55.5 Å². The van der Waals surface area contributed by atoms with Crippen molar-refractivity contribution in [3.8, 4) is 0 Å². The number of carbonyl (C=O) groups excluding carboxylic acids is 1. The van der Waals surface area contributed by atoms with Crippen molar-refractivity contribution in [2.24, 2.45) is 16.3 Å². The molecule has 0 unspecified atom stereocenters. The highest BCUT2D eigenvalue weighted by atomic mass is 35.5. The van der Waals surface area contributed by atoms with Crippen LogP contribution in [-0.4, -0.2) is 16.7 Å². The Balaban J connectivity index is 1.41. The molecule has 1 N–H and O–H groups in total. The van der Waals surface area contributed by atoms with Gasteiger partial charge in [-0.15, -0.1) is 11.3 Å². The number of amides is 1. The van der Waals surface area contributed by atoms with Gasteiger partial charge >= 0.3 is 0 Å². The zero-order valence-corrected chi connectivity index (χ0v) is 27.2. The first-order valence-electron chi connectivity index (χ1n) is 14.7. The second kappa shape index (κ2) is 12.0. The Morgan fingerprint density at radius 3 is 2.51 bits per heavy atom. The minimum atomic E-state index is -0.126. The lowest BCUT2D eigenvalue weighted by Crippen LogP contribution is -2.27. The summed E-state index contributed by atoms with van der Waals surface area (Å²) in [5.41, 5.74) is 7.09. The molecule has 0 aliphatic heterocycles. The summed E-state index contributed by atoms with van der Waals surface area (Å²) >= 11 is 14.3. The number of anilines is 1. The van der Waals surface area contributed by atoms with Gasteiger partial charge in [-0.05, 0) is 85.0 Å². The van der Waals surface area contributed by atoms with Crippen LogP contribution >= 0.6 is 34.5 Å². The third-order valence-electron chi connectivity index (χ3n) is 8.68. The number of hydrogen-bond donors (Lipinski definition) is 1. The lowest BCUT2D eigenvalue weighted by Gasteiger charge is -2.33. The van der Waals surface area contributed by atoms with Crippen molar-refractivity contribution in [1.29, 1.82) is 0 Å². The van der Waals surface area contributed by atoms with E-state index < -0.39 is 0 Å². The molecule has 6 rings (SSSR count). The topological polar surface area (TPSA) is 46.4 Å². The maximum atomic E-state index is 13.8. The number of nitrogens with one attached hydrogen (secondary N) is 1. The van der Waals surface area contributed by atoms with E-state index in [0.717, 1.165) is 62.6 Å². The number of benzene rings is 3. The number of halogens is 2. The second-order valence-electron chi connectivity index (χ2n) is 12.4. The number of nitrogens with zero attached hydrogens (tertiary/aromatic N) is 2. The van der Waals surface area contributed by atoms with Gasteiger partial charge in [0.2, 0.25) is 0 Å². The summed E-state index contributed by atoms with van der Waals surface area (Å²) in [6, 6.07) is 23.6. The molecule has 1 aliphatic rings. The van der Waals surface area contributed by atoms with Crippen LogP contribution in [0.25, 0.3) is 10.9 Å². The quantitative estimate of drug-likeness (QED) is 0.187. The fourth-order valence-corrected chi connectivity index (χ4v) is 7.70. The molecule has 0 radical (unpaired) electrons. The SMILES string of the molecule is Cc1c(C=Nc2sc3c(c2C(=O)Nc2ccc(Cl)cc2)CC[C@H](C(C)(C)C)C3)c2ccccc2n1Cc1ccccc1Cl. The van der Waals surface area contributed by atoms with Gasteiger partial charge in [-0.1, -0.05) is 80.4 Å². The Hall–Kier alpha value is -3.38. The number of thiophene rings is 1. The third-order valence-corrected chi connectivity index (χ3v) is 10.5. The Labute approximate surface area is 267 Å². The molecule has 0 saturated heterocycles. The number of carbonyl (C=O) groups is 1. The van der Waals surface area contributed by atoms with E-state index in [1.807, 2.05) is 36.5 Å². The number of aliphatic imine (C=N–C) groups is 1. The fraction of sp³-hybridized carbons (Fsp3) is 0.278. The first-order chi connectivity index (χ1) is 20.6. The summed E-state index contributed by atoms with van der Waals surface area (Å²) in [5.74, 6) is 0.437. The number of rotatable bonds is 6. The van der Waals surface area contributed by atoms with E-state index in [-0.39, 0.29) is 11.3 Å². The van der Waals surface area contributed by atoms with Crippen LogP contribution in [-0.2, 0) is 19.4 Å². The summed E-state index contributed by atoms with van der Waals surface area (Å²) in [4.78, 5) is 20.2. The number of hydrogen-bond acceptors (Lipinski definition) is 3. The normalized spacial score (nSPS) is 15.3. The molecule has 5 aromatic rings. The van der Waals surface area contributed by atoms with Crippen LogP contribution < -0.4 is 5.32 Å². The van der Waals surface area contributed by atoms with Gasteiger partial charge in [-0.25, -0.2) is 4.99 Å². The van der Waals surface area contributed by atoms with E-state index in [1.165, 1.54) is 4.88 Å². The van der Waals surface area contributed by atoms with E-state index in [1.54, 1.807) is 23.5 Å². The Morgan fingerprint density at radius 1 is 1.05 bits per heavy atom. The molecule has 1 atom stereocenters. The van der Waals surface area contributed by atoms with Crippen molar-refractivity contribution in [1.82, 2.24) is 4.57 Å². The molecule has 0 fully saturated rings. The van der Waals surface area contributed by atoms with Crippen molar-refractivity contribution >= 4 is 68.3 Å². The molecule has 0 saturated carbocycles. The molecule has 2 heterocycles. The highest BCUT2D eigenvalue weighted by molar-refractivity contribution is 7.16. The monoisotopic (exact) mass is 627 g/mol. The van der Waals surface area contributed by atoms with Crippen molar-refractivity contribution < 1.29 is 4.79 Å². The third kappa shape index (κ3) is 6.04. The average molecular weight is 629 g/mol. The fourth-order valence-electron chi connectivity index (χ4n) is 6.11. The Bertz CT molecular complexity index is 1840. The zero-order chi connectivity index (χ0) is 30.3. The number of para-hydroxylation sites is 1. The van der Waals surface area contributed by atoms with Gasteiger partial charge in [0.25, 0.3) is 5.91 Å². The van der Waals surface area contributed by atoms with Crippen LogP contribution in [0.4, 0.5) is 10.7 Å². The van der Waals surface area contributed by atoms with Crippen LogP contribution in [0.15, 0.2) is 77.8 Å². The molecular formula is C36H35Cl2N3OS. The van der Waals surface area contributed by atoms with Gasteiger partial charge in [0.15, 0.2) is 0 Å². The lowest BCUT2D eigenvalue weighted by atomic mass is 9.72. The summed E-state index contributed by atoms with van der Waals surface area (Å²) in [6.07, 6.45) is 4.85. The highest BCUT2D eigenvalue weighted by Crippen LogP contribution is 2.45. The van der Waals surface area contributed by atoms with Gasteiger partial charge in [0.05, 0.1) is 5.56 Å². The Morgan fingerprint density at radius 2 is 1.77 bits per heavy atom. The molecule has 2 aromatic heterocycles. The van der Waals surface area contributed by atoms with Gasteiger partial charge in [-0.3, -0.25) is 4.79 Å². The number of fused-ring (bicyclic) bond motifs is 2. The minimum Gasteiger partial charge on any atom is -0.340 e. The molecule has 3 aromatic carbocycles. The summed E-state index contributed by atoms with van der Waals surface area (Å²) in [7, 11) is 0. The summed E-state index contributed by atoms with van der Waals surface area (Å²) in [5, 5.41) is 6.36. The van der Waals surface area contributed by atoms with Crippen LogP contribution in [0.2, 0.25) is 10.0 Å². The second-order valence-corrected chi connectivity index (χ2v) is 14.3. The van der Waals surface area contributed by atoms with Crippen LogP contribution in [0.5, 0.6) is 0 Å². The van der Waals surface area contributed by atoms with Gasteiger partial charge in [-0.2, -0.15) is 0 Å². The Kier molecular flexibility index (Phi) is 8.25. The molecule has 1 amide bonds. The largest absolute Gasteiger partial charge is 0.340 e. The molecular weight excluding hydrogens is 593 g/mol. The standard InChI is InChI=1S/C36H35Cl2N3OS/c1-22-29(27-10-6-8-12-31(27)41(22)21-23-9-5-7-11-30(23)38)20-39-35-33(34(42)40-26-16-14-25(37)15-17-26)28-18-13-24(36(2,3)4)19-32(28)43-35/h5-12,14-17,20,24H,13,18-19,21H2,1-4H3,(H,40,42)/t24-/m0/s1. The smallest absolute Gasteiger partial charge is 0.259 e. The van der Waals surface area contributed by atoms with E-state index in [0.29, 0.717) is 28.7 Å². The van der Waals surface area contributed by atoms with Gasteiger partial charge in [0.1, 0.15) is 5.00 Å². The predicted octanol–water partition coefficient (Wildman–Crippen LogP) is 10.5. The molecule has 1 aliphatic carbocycles. The average Bonchev–Trinajstić information content (AvgIpc) is 3.48. The van der Waals surface area contributed by atoms with E-state index in [9.17, 15) is 4.79 Å². The first-order valence-corrected chi connectivity index (χ1v) is 16.2. The maximum absolute atomic E-state index is 13.8. The molecule has 4 nitrogen and oxygen atoms in total. The summed E-state index contributed by atoms with van der Waals surface area (Å²) < 4.78 is 2.29. The molecule has 0 bridgehead atoms.